The van der Waals surface area contributed by atoms with Crippen LogP contribution in [0.1, 0.15) is 42.4 Å². The zero-order valence-corrected chi connectivity index (χ0v) is 14.1. The maximum absolute atomic E-state index is 12.0. The van der Waals surface area contributed by atoms with Gasteiger partial charge in [0.05, 0.1) is 0 Å². The Labute approximate surface area is 145 Å². The van der Waals surface area contributed by atoms with Crippen molar-refractivity contribution in [2.75, 3.05) is 13.1 Å². The van der Waals surface area contributed by atoms with Gasteiger partial charge in [0.2, 0.25) is 11.7 Å². The first-order chi connectivity index (χ1) is 12.1. The smallest absolute Gasteiger partial charge is 0.404 e. The molecule has 0 spiro atoms. The van der Waals surface area contributed by atoms with Crippen LogP contribution in [0.25, 0.3) is 11.4 Å². The molecule has 1 heterocycles. The van der Waals surface area contributed by atoms with E-state index >= 15 is 0 Å². The third kappa shape index (κ3) is 5.91. The van der Waals surface area contributed by atoms with Crippen LogP contribution >= 0.6 is 0 Å². The third-order valence-corrected chi connectivity index (χ3v) is 3.53. The molecule has 134 valence electrons. The van der Waals surface area contributed by atoms with Gasteiger partial charge in [0, 0.05) is 30.6 Å². The highest BCUT2D eigenvalue weighted by molar-refractivity contribution is 5.94. The third-order valence-electron chi connectivity index (χ3n) is 3.53. The van der Waals surface area contributed by atoms with Crippen LogP contribution in [-0.4, -0.2) is 40.3 Å². The molecule has 8 nitrogen and oxygen atoms in total. The molecule has 0 aliphatic carbocycles. The molecule has 0 aliphatic rings. The Balaban J connectivity index is 1.89. The number of unbranched alkanes of at least 4 members (excludes halogenated alkanes) is 1. The number of aromatic nitrogens is 2. The second-order valence-electron chi connectivity index (χ2n) is 5.53. The Hall–Kier alpha value is -2.90. The molecule has 0 aliphatic heterocycles. The molecular formula is C17H22N4O4. The van der Waals surface area contributed by atoms with Gasteiger partial charge in [-0.1, -0.05) is 30.6 Å². The van der Waals surface area contributed by atoms with E-state index in [9.17, 15) is 9.59 Å². The van der Waals surface area contributed by atoms with Crippen LogP contribution in [0, 0.1) is 0 Å². The molecule has 0 atom stereocenters. The molecule has 8 heteroatoms. The van der Waals surface area contributed by atoms with Crippen LogP contribution in [0.3, 0.4) is 0 Å². The van der Waals surface area contributed by atoms with Crippen LogP contribution in [0.15, 0.2) is 28.8 Å². The summed E-state index contributed by atoms with van der Waals surface area (Å²) >= 11 is 0. The van der Waals surface area contributed by atoms with E-state index in [1.165, 1.54) is 0 Å². The molecule has 1 aromatic carbocycles. The molecule has 0 radical (unpaired) electrons. The molecule has 0 fully saturated rings. The summed E-state index contributed by atoms with van der Waals surface area (Å²) in [6.07, 6.45) is 2.00. The van der Waals surface area contributed by atoms with Crippen LogP contribution in [-0.2, 0) is 6.42 Å². The lowest BCUT2D eigenvalue weighted by molar-refractivity contribution is 0.0953. The lowest BCUT2D eigenvalue weighted by atomic mass is 10.1. The zero-order valence-electron chi connectivity index (χ0n) is 14.1. The number of carbonyl (C=O) groups is 2. The Bertz CT molecular complexity index is 697. The quantitative estimate of drug-likeness (QED) is 0.600. The summed E-state index contributed by atoms with van der Waals surface area (Å²) in [5.41, 5.74) is 1.34. The predicted octanol–water partition coefficient (Wildman–Crippen LogP) is 2.47. The molecule has 0 bridgehead atoms. The van der Waals surface area contributed by atoms with E-state index in [1.807, 2.05) is 0 Å². The number of carbonyl (C=O) groups excluding carboxylic acids is 1. The summed E-state index contributed by atoms with van der Waals surface area (Å²) in [7, 11) is 0. The van der Waals surface area contributed by atoms with E-state index in [1.54, 1.807) is 24.3 Å². The summed E-state index contributed by atoms with van der Waals surface area (Å²) in [5, 5.41) is 17.5. The van der Waals surface area contributed by atoms with E-state index in [4.69, 9.17) is 9.63 Å². The highest BCUT2D eigenvalue weighted by Gasteiger charge is 2.10. The van der Waals surface area contributed by atoms with Gasteiger partial charge in [0.15, 0.2) is 0 Å². The van der Waals surface area contributed by atoms with Crippen molar-refractivity contribution in [3.8, 4) is 11.4 Å². The van der Waals surface area contributed by atoms with E-state index in [0.29, 0.717) is 43.2 Å². The largest absolute Gasteiger partial charge is 0.465 e. The van der Waals surface area contributed by atoms with Crippen molar-refractivity contribution in [3.05, 3.63) is 35.7 Å². The Kier molecular flexibility index (Phi) is 6.94. The minimum Gasteiger partial charge on any atom is -0.465 e. The Morgan fingerprint density at radius 2 is 1.84 bits per heavy atom. The molecule has 2 amide bonds. The Morgan fingerprint density at radius 1 is 1.12 bits per heavy atom. The molecule has 0 unspecified atom stereocenters. The van der Waals surface area contributed by atoms with Crippen molar-refractivity contribution in [1.82, 2.24) is 20.8 Å². The van der Waals surface area contributed by atoms with Crippen molar-refractivity contribution in [1.29, 1.82) is 0 Å². The summed E-state index contributed by atoms with van der Waals surface area (Å²) in [5.74, 6) is 0.794. The average Bonchev–Trinajstić information content (AvgIpc) is 3.08. The molecule has 2 aromatic rings. The number of nitrogens with one attached hydrogen (secondary N) is 2. The van der Waals surface area contributed by atoms with Gasteiger partial charge >= 0.3 is 6.09 Å². The lowest BCUT2D eigenvalue weighted by Crippen LogP contribution is -2.24. The zero-order chi connectivity index (χ0) is 18.1. The SMILES string of the molecule is CCCCNC(=O)c1ccc(-c2noc(CCCNC(=O)O)n2)cc1. The summed E-state index contributed by atoms with van der Waals surface area (Å²) in [6.45, 7) is 3.07. The maximum atomic E-state index is 12.0. The highest BCUT2D eigenvalue weighted by Crippen LogP contribution is 2.17. The maximum Gasteiger partial charge on any atom is 0.404 e. The fourth-order valence-corrected chi connectivity index (χ4v) is 2.16. The van der Waals surface area contributed by atoms with E-state index in [2.05, 4.69) is 27.7 Å². The van der Waals surface area contributed by atoms with E-state index in [0.717, 1.165) is 18.4 Å². The number of benzene rings is 1. The fraction of sp³-hybridized carbons (Fsp3) is 0.412. The van der Waals surface area contributed by atoms with E-state index in [-0.39, 0.29) is 5.91 Å². The van der Waals surface area contributed by atoms with Gasteiger partial charge in [-0.05, 0) is 25.0 Å². The number of amides is 2. The topological polar surface area (TPSA) is 117 Å². The number of aryl methyl sites for hydroxylation is 1. The number of carboxylic acid groups (broad SMARTS) is 1. The standard InChI is InChI=1S/C17H22N4O4/c1-2-3-10-18-16(22)13-8-6-12(7-9-13)15-20-14(25-21-15)5-4-11-19-17(23)24/h6-9,19H,2-5,10-11H2,1H3,(H,18,22)(H,23,24). The first kappa shape index (κ1) is 18.4. The first-order valence-corrected chi connectivity index (χ1v) is 8.28. The molecule has 0 saturated heterocycles. The predicted molar refractivity (Wildman–Crippen MR) is 91.3 cm³/mol. The van der Waals surface area contributed by atoms with Gasteiger partial charge in [-0.25, -0.2) is 4.79 Å². The molecule has 1 aromatic heterocycles. The number of rotatable bonds is 9. The summed E-state index contributed by atoms with van der Waals surface area (Å²) in [4.78, 5) is 26.6. The average molecular weight is 346 g/mol. The van der Waals surface area contributed by atoms with Gasteiger partial charge in [-0.2, -0.15) is 4.98 Å². The van der Waals surface area contributed by atoms with Crippen LogP contribution in [0.5, 0.6) is 0 Å². The second kappa shape index (κ2) is 9.41. The van der Waals surface area contributed by atoms with Crippen molar-refractivity contribution in [3.63, 3.8) is 0 Å². The molecular weight excluding hydrogens is 324 g/mol. The minimum atomic E-state index is -1.05. The highest BCUT2D eigenvalue weighted by atomic mass is 16.5. The van der Waals surface area contributed by atoms with E-state index < -0.39 is 6.09 Å². The molecule has 25 heavy (non-hydrogen) atoms. The van der Waals surface area contributed by atoms with Crippen molar-refractivity contribution in [2.24, 2.45) is 0 Å². The summed E-state index contributed by atoms with van der Waals surface area (Å²) in [6, 6.07) is 7.00. The van der Waals surface area contributed by atoms with Crippen LogP contribution in [0.4, 0.5) is 4.79 Å². The lowest BCUT2D eigenvalue weighted by Gasteiger charge is -2.04. The molecule has 2 rings (SSSR count). The Morgan fingerprint density at radius 3 is 2.52 bits per heavy atom. The van der Waals surface area contributed by atoms with Gasteiger partial charge in [0.1, 0.15) is 0 Å². The van der Waals surface area contributed by atoms with Crippen molar-refractivity contribution < 1.29 is 19.2 Å². The number of nitrogens with zero attached hydrogens (tertiary/aromatic N) is 2. The monoisotopic (exact) mass is 346 g/mol. The van der Waals surface area contributed by atoms with Crippen LogP contribution < -0.4 is 10.6 Å². The van der Waals surface area contributed by atoms with Crippen LogP contribution in [0.2, 0.25) is 0 Å². The first-order valence-electron chi connectivity index (χ1n) is 8.28. The van der Waals surface area contributed by atoms with Gasteiger partial charge in [-0.3, -0.25) is 4.79 Å². The number of hydrogen-bond donors (Lipinski definition) is 3. The fourth-order valence-electron chi connectivity index (χ4n) is 2.16. The van der Waals surface area contributed by atoms with Gasteiger partial charge < -0.3 is 20.3 Å². The number of hydrogen-bond acceptors (Lipinski definition) is 5. The second-order valence-corrected chi connectivity index (χ2v) is 5.53. The molecule has 0 saturated carbocycles. The normalized spacial score (nSPS) is 10.4. The summed E-state index contributed by atoms with van der Waals surface area (Å²) < 4.78 is 5.15. The van der Waals surface area contributed by atoms with Gasteiger partial charge in [-0.15, -0.1) is 0 Å². The molecule has 3 N–H and O–H groups in total. The van der Waals surface area contributed by atoms with Crippen molar-refractivity contribution in [2.45, 2.75) is 32.6 Å². The van der Waals surface area contributed by atoms with Gasteiger partial charge in [0.25, 0.3) is 5.91 Å². The minimum absolute atomic E-state index is 0.0975. The van der Waals surface area contributed by atoms with Crippen molar-refractivity contribution >= 4 is 12.0 Å².